The molecule has 1 saturated carbocycles. The highest BCUT2D eigenvalue weighted by molar-refractivity contribution is 5.07. The molecule has 0 amide bonds. The predicted octanol–water partition coefficient (Wildman–Crippen LogP) is 1.73. The fourth-order valence-corrected chi connectivity index (χ4v) is 2.24. The molecule has 2 heteroatoms. The van der Waals surface area contributed by atoms with E-state index < -0.39 is 0 Å². The maximum Gasteiger partial charge on any atom is 0.0648 e. The molecule has 0 aromatic carbocycles. The van der Waals surface area contributed by atoms with E-state index in [0.29, 0.717) is 0 Å². The van der Waals surface area contributed by atoms with Crippen LogP contribution in [0.25, 0.3) is 0 Å². The molecule has 0 atom stereocenters. The second-order valence-corrected chi connectivity index (χ2v) is 4.82. The lowest BCUT2D eigenvalue weighted by Gasteiger charge is -2.39. The molecule has 0 aromatic rings. The van der Waals surface area contributed by atoms with Crippen LogP contribution in [0.5, 0.6) is 0 Å². The van der Waals surface area contributed by atoms with Gasteiger partial charge in [-0.3, -0.25) is 0 Å². The molecule has 0 saturated heterocycles. The van der Waals surface area contributed by atoms with Crippen LogP contribution in [0.15, 0.2) is 12.2 Å². The lowest BCUT2D eigenvalue weighted by Crippen LogP contribution is -2.43. The first kappa shape index (κ1) is 9.22. The zero-order valence-corrected chi connectivity index (χ0v) is 8.13. The number of rotatable bonds is 3. The van der Waals surface area contributed by atoms with Gasteiger partial charge in [0.2, 0.25) is 0 Å². The first-order valence-electron chi connectivity index (χ1n) is 5.28. The minimum atomic E-state index is -0.352. The van der Waals surface area contributed by atoms with Gasteiger partial charge in [0.15, 0.2) is 0 Å². The van der Waals surface area contributed by atoms with Crippen molar-refractivity contribution in [3.8, 4) is 0 Å². The van der Waals surface area contributed by atoms with Gasteiger partial charge in [0.25, 0.3) is 0 Å². The van der Waals surface area contributed by atoms with Gasteiger partial charge >= 0.3 is 0 Å². The topological polar surface area (TPSA) is 46.2 Å². The Balaban J connectivity index is 1.78. The zero-order chi connectivity index (χ0) is 9.36. The Morgan fingerprint density at radius 1 is 1.15 bits per heavy atom. The average molecular weight is 181 g/mol. The third-order valence-electron chi connectivity index (χ3n) is 3.59. The SMILES string of the molecule is NC1(CCC2(O)CCC2)CC=CC1. The van der Waals surface area contributed by atoms with E-state index in [4.69, 9.17) is 5.73 Å². The predicted molar refractivity (Wildman–Crippen MR) is 53.3 cm³/mol. The van der Waals surface area contributed by atoms with Crippen molar-refractivity contribution >= 4 is 0 Å². The van der Waals surface area contributed by atoms with Crippen LogP contribution in [0.1, 0.15) is 44.9 Å². The van der Waals surface area contributed by atoms with Crippen molar-refractivity contribution in [2.45, 2.75) is 56.1 Å². The minimum absolute atomic E-state index is 0.0364. The normalized spacial score (nSPS) is 28.8. The number of aliphatic hydroxyl groups is 1. The summed E-state index contributed by atoms with van der Waals surface area (Å²) in [7, 11) is 0. The van der Waals surface area contributed by atoms with Gasteiger partial charge in [0, 0.05) is 5.54 Å². The summed E-state index contributed by atoms with van der Waals surface area (Å²) in [6.07, 6.45) is 11.3. The first-order chi connectivity index (χ1) is 6.12. The Labute approximate surface area is 79.8 Å². The van der Waals surface area contributed by atoms with Crippen molar-refractivity contribution in [3.05, 3.63) is 12.2 Å². The van der Waals surface area contributed by atoms with Gasteiger partial charge in [-0.1, -0.05) is 12.2 Å². The summed E-state index contributed by atoms with van der Waals surface area (Å²) in [5, 5.41) is 9.91. The molecule has 0 radical (unpaired) electrons. The maximum absolute atomic E-state index is 9.91. The standard InChI is InChI=1S/C11H19NO/c12-10(4-1-2-5-10)8-9-11(13)6-3-7-11/h1-2,13H,3-9,12H2. The van der Waals surface area contributed by atoms with Gasteiger partial charge in [-0.15, -0.1) is 0 Å². The Hall–Kier alpha value is -0.340. The second kappa shape index (κ2) is 3.10. The summed E-state index contributed by atoms with van der Waals surface area (Å²) < 4.78 is 0. The quantitative estimate of drug-likeness (QED) is 0.651. The highest BCUT2D eigenvalue weighted by Gasteiger charge is 2.37. The monoisotopic (exact) mass is 181 g/mol. The van der Waals surface area contributed by atoms with Gasteiger partial charge in [-0.25, -0.2) is 0 Å². The first-order valence-corrected chi connectivity index (χ1v) is 5.28. The van der Waals surface area contributed by atoms with Crippen molar-refractivity contribution in [1.82, 2.24) is 0 Å². The number of hydrogen-bond donors (Lipinski definition) is 2. The van der Waals surface area contributed by atoms with E-state index in [0.717, 1.165) is 38.5 Å². The summed E-state index contributed by atoms with van der Waals surface area (Å²) in [6.45, 7) is 0. The molecule has 1 fully saturated rings. The Morgan fingerprint density at radius 2 is 1.77 bits per heavy atom. The molecule has 0 spiro atoms. The van der Waals surface area contributed by atoms with Gasteiger partial charge in [-0.05, 0) is 44.9 Å². The lowest BCUT2D eigenvalue weighted by molar-refractivity contribution is -0.0454. The van der Waals surface area contributed by atoms with Crippen molar-refractivity contribution in [3.63, 3.8) is 0 Å². The molecule has 0 aromatic heterocycles. The van der Waals surface area contributed by atoms with Crippen LogP contribution in [0.2, 0.25) is 0 Å². The molecule has 74 valence electrons. The van der Waals surface area contributed by atoms with Crippen LogP contribution in [-0.4, -0.2) is 16.2 Å². The molecule has 0 heterocycles. The van der Waals surface area contributed by atoms with Crippen LogP contribution >= 0.6 is 0 Å². The van der Waals surface area contributed by atoms with Crippen molar-refractivity contribution in [1.29, 1.82) is 0 Å². The third kappa shape index (κ3) is 1.94. The van der Waals surface area contributed by atoms with E-state index in [1.165, 1.54) is 6.42 Å². The van der Waals surface area contributed by atoms with E-state index in [2.05, 4.69) is 12.2 Å². The van der Waals surface area contributed by atoms with Gasteiger partial charge in [0.1, 0.15) is 0 Å². The van der Waals surface area contributed by atoms with Crippen LogP contribution in [0.3, 0.4) is 0 Å². The average Bonchev–Trinajstić information content (AvgIpc) is 2.46. The van der Waals surface area contributed by atoms with E-state index in [1.54, 1.807) is 0 Å². The Morgan fingerprint density at radius 3 is 2.23 bits per heavy atom. The highest BCUT2D eigenvalue weighted by atomic mass is 16.3. The molecule has 2 aliphatic rings. The second-order valence-electron chi connectivity index (χ2n) is 4.82. The van der Waals surface area contributed by atoms with Gasteiger partial charge in [-0.2, -0.15) is 0 Å². The fraction of sp³-hybridized carbons (Fsp3) is 0.818. The molecule has 0 unspecified atom stereocenters. The van der Waals surface area contributed by atoms with Gasteiger partial charge in [0.05, 0.1) is 5.60 Å². The Kier molecular flexibility index (Phi) is 2.20. The molecular formula is C11H19NO. The maximum atomic E-state index is 9.91. The molecular weight excluding hydrogens is 162 g/mol. The van der Waals surface area contributed by atoms with Gasteiger partial charge < -0.3 is 10.8 Å². The molecule has 0 bridgehead atoms. The minimum Gasteiger partial charge on any atom is -0.390 e. The van der Waals surface area contributed by atoms with Crippen LogP contribution in [0.4, 0.5) is 0 Å². The fourth-order valence-electron chi connectivity index (χ4n) is 2.24. The van der Waals surface area contributed by atoms with E-state index in [1.807, 2.05) is 0 Å². The summed E-state index contributed by atoms with van der Waals surface area (Å²) in [5.74, 6) is 0. The van der Waals surface area contributed by atoms with Crippen molar-refractivity contribution in [2.75, 3.05) is 0 Å². The van der Waals surface area contributed by atoms with Crippen molar-refractivity contribution < 1.29 is 5.11 Å². The molecule has 2 nitrogen and oxygen atoms in total. The van der Waals surface area contributed by atoms with E-state index in [9.17, 15) is 5.11 Å². The molecule has 13 heavy (non-hydrogen) atoms. The molecule has 3 N–H and O–H groups in total. The van der Waals surface area contributed by atoms with Crippen molar-refractivity contribution in [2.24, 2.45) is 5.73 Å². The summed E-state index contributed by atoms with van der Waals surface area (Å²) >= 11 is 0. The highest BCUT2D eigenvalue weighted by Crippen LogP contribution is 2.38. The largest absolute Gasteiger partial charge is 0.390 e. The van der Waals surface area contributed by atoms with E-state index >= 15 is 0 Å². The molecule has 2 rings (SSSR count). The third-order valence-corrected chi connectivity index (χ3v) is 3.59. The Bertz CT molecular complexity index is 210. The molecule has 2 aliphatic carbocycles. The summed E-state index contributed by atoms with van der Waals surface area (Å²) in [5.41, 5.74) is 5.78. The summed E-state index contributed by atoms with van der Waals surface area (Å²) in [4.78, 5) is 0. The summed E-state index contributed by atoms with van der Waals surface area (Å²) in [6, 6.07) is 0. The smallest absolute Gasteiger partial charge is 0.0648 e. The van der Waals surface area contributed by atoms with Crippen LogP contribution in [0, 0.1) is 0 Å². The number of nitrogens with two attached hydrogens (primary N) is 1. The lowest BCUT2D eigenvalue weighted by atomic mass is 9.74. The zero-order valence-electron chi connectivity index (χ0n) is 8.13. The van der Waals surface area contributed by atoms with E-state index in [-0.39, 0.29) is 11.1 Å². The van der Waals surface area contributed by atoms with Crippen LogP contribution in [-0.2, 0) is 0 Å². The number of hydrogen-bond acceptors (Lipinski definition) is 2. The molecule has 0 aliphatic heterocycles. The van der Waals surface area contributed by atoms with Crippen LogP contribution < -0.4 is 5.73 Å².